The number of aromatic nitrogens is 2. The maximum Gasteiger partial charge on any atom is 0.311 e. The van der Waals surface area contributed by atoms with E-state index in [4.69, 9.17) is 4.74 Å². The van der Waals surface area contributed by atoms with Gasteiger partial charge in [-0.05, 0) is 30.0 Å². The van der Waals surface area contributed by atoms with Gasteiger partial charge in [-0.1, -0.05) is 60.7 Å². The smallest absolute Gasteiger partial charge is 0.311 e. The quantitative estimate of drug-likeness (QED) is 0.593. The Bertz CT molecular complexity index is 903. The molecule has 0 radical (unpaired) electrons. The lowest BCUT2D eigenvalue weighted by molar-refractivity contribution is -0.154. The molecule has 2 atom stereocenters. The minimum absolute atomic E-state index is 0.143. The van der Waals surface area contributed by atoms with Crippen molar-refractivity contribution in [1.29, 1.82) is 0 Å². The van der Waals surface area contributed by atoms with E-state index in [9.17, 15) is 4.79 Å². The summed E-state index contributed by atoms with van der Waals surface area (Å²) in [6, 6.07) is 21.9. The van der Waals surface area contributed by atoms with Crippen LogP contribution in [0.25, 0.3) is 0 Å². The molecule has 0 bridgehead atoms. The van der Waals surface area contributed by atoms with Crippen LogP contribution in [0.15, 0.2) is 79.1 Å². The first-order valence-corrected chi connectivity index (χ1v) is 10.1. The Hall–Kier alpha value is -3.21. The lowest BCUT2D eigenvalue weighted by atomic mass is 9.97. The van der Waals surface area contributed by atoms with Gasteiger partial charge in [-0.15, -0.1) is 0 Å². The van der Waals surface area contributed by atoms with Gasteiger partial charge < -0.3 is 9.64 Å². The Morgan fingerprint density at radius 3 is 2.41 bits per heavy atom. The average Bonchev–Trinajstić information content (AvgIpc) is 2.80. The molecule has 2 heterocycles. The van der Waals surface area contributed by atoms with Crippen molar-refractivity contribution in [3.8, 4) is 0 Å². The van der Waals surface area contributed by atoms with Crippen LogP contribution in [0.4, 0.5) is 5.95 Å². The maximum absolute atomic E-state index is 13.1. The number of esters is 1. The van der Waals surface area contributed by atoms with Crippen LogP contribution in [0.3, 0.4) is 0 Å². The van der Waals surface area contributed by atoms with Crippen LogP contribution in [0.1, 0.15) is 30.1 Å². The topological polar surface area (TPSA) is 55.3 Å². The first-order valence-electron chi connectivity index (χ1n) is 10.1. The highest BCUT2D eigenvalue weighted by molar-refractivity contribution is 5.74. The highest BCUT2D eigenvalue weighted by Crippen LogP contribution is 2.27. The largest absolute Gasteiger partial charge is 0.457 e. The van der Waals surface area contributed by atoms with E-state index in [0.717, 1.165) is 30.5 Å². The number of anilines is 1. The molecule has 5 heteroatoms. The van der Waals surface area contributed by atoms with Crippen LogP contribution >= 0.6 is 0 Å². The minimum atomic E-state index is -0.297. The Labute approximate surface area is 171 Å². The van der Waals surface area contributed by atoms with Crippen molar-refractivity contribution >= 4 is 11.9 Å². The molecule has 1 aliphatic heterocycles. The highest BCUT2D eigenvalue weighted by Gasteiger charge is 2.30. The third-order valence-corrected chi connectivity index (χ3v) is 5.28. The van der Waals surface area contributed by atoms with Crippen molar-refractivity contribution in [2.75, 3.05) is 18.0 Å². The van der Waals surface area contributed by atoms with E-state index in [-0.39, 0.29) is 18.0 Å². The van der Waals surface area contributed by atoms with E-state index in [1.54, 1.807) is 18.5 Å². The molecular weight excluding hydrogens is 362 g/mol. The Morgan fingerprint density at radius 1 is 1.00 bits per heavy atom. The zero-order valence-electron chi connectivity index (χ0n) is 16.4. The van der Waals surface area contributed by atoms with Gasteiger partial charge >= 0.3 is 5.97 Å². The molecule has 1 fully saturated rings. The number of carbonyl (C=O) groups is 1. The number of benzene rings is 2. The second kappa shape index (κ2) is 9.32. The number of hydrogen-bond donors (Lipinski definition) is 0. The minimum Gasteiger partial charge on any atom is -0.457 e. The molecule has 29 heavy (non-hydrogen) atoms. The van der Waals surface area contributed by atoms with Crippen LogP contribution < -0.4 is 4.90 Å². The van der Waals surface area contributed by atoms with Gasteiger partial charge in [0.1, 0.15) is 6.10 Å². The summed E-state index contributed by atoms with van der Waals surface area (Å²) in [5.41, 5.74) is 2.17. The van der Waals surface area contributed by atoms with Gasteiger partial charge in [0.05, 0.1) is 5.92 Å². The standard InChI is InChI=1S/C24H25N3O2/c28-23(21-13-7-16-27(18-21)24-25-14-8-15-26-24)29-22(20-11-5-2-6-12-20)17-19-9-3-1-4-10-19/h1-6,8-12,14-15,21-22H,7,13,16-18H2/t21-,22+/m0/s1. The fraction of sp³-hybridized carbons (Fsp3) is 0.292. The van der Waals surface area contributed by atoms with Crippen molar-refractivity contribution in [3.05, 3.63) is 90.3 Å². The highest BCUT2D eigenvalue weighted by atomic mass is 16.5. The lowest BCUT2D eigenvalue weighted by Gasteiger charge is -2.32. The van der Waals surface area contributed by atoms with Gasteiger partial charge in [0.25, 0.3) is 0 Å². The van der Waals surface area contributed by atoms with Gasteiger partial charge in [-0.2, -0.15) is 0 Å². The summed E-state index contributed by atoms with van der Waals surface area (Å²) in [4.78, 5) is 23.8. The first kappa shape index (κ1) is 19.1. The molecular formula is C24H25N3O2. The summed E-state index contributed by atoms with van der Waals surface area (Å²) in [5.74, 6) is 0.360. The molecule has 0 amide bonds. The molecule has 2 aromatic carbocycles. The van der Waals surface area contributed by atoms with Gasteiger partial charge in [0, 0.05) is 31.9 Å². The monoisotopic (exact) mass is 387 g/mol. The molecule has 0 spiro atoms. The predicted molar refractivity (Wildman–Crippen MR) is 112 cm³/mol. The van der Waals surface area contributed by atoms with Gasteiger partial charge in [0.15, 0.2) is 0 Å². The summed E-state index contributed by atoms with van der Waals surface area (Å²) in [6.45, 7) is 1.45. The third kappa shape index (κ3) is 4.99. The Balaban J connectivity index is 1.47. The molecule has 1 aliphatic rings. The molecule has 4 rings (SSSR count). The summed E-state index contributed by atoms with van der Waals surface area (Å²) < 4.78 is 6.06. The zero-order chi connectivity index (χ0) is 19.9. The average molecular weight is 387 g/mol. The molecule has 1 saturated heterocycles. The van der Waals surface area contributed by atoms with Gasteiger partial charge in [-0.25, -0.2) is 9.97 Å². The van der Waals surface area contributed by atoms with Crippen molar-refractivity contribution in [1.82, 2.24) is 9.97 Å². The predicted octanol–water partition coefficient (Wildman–Crippen LogP) is 4.22. The number of piperidine rings is 1. The normalized spacial score (nSPS) is 17.5. The maximum atomic E-state index is 13.1. The Morgan fingerprint density at radius 2 is 1.69 bits per heavy atom. The van der Waals surface area contributed by atoms with Gasteiger partial charge in [-0.3, -0.25) is 4.79 Å². The van der Waals surface area contributed by atoms with Crippen molar-refractivity contribution in [3.63, 3.8) is 0 Å². The summed E-state index contributed by atoms with van der Waals surface area (Å²) in [5, 5.41) is 0. The molecule has 5 nitrogen and oxygen atoms in total. The molecule has 0 unspecified atom stereocenters. The zero-order valence-corrected chi connectivity index (χ0v) is 16.4. The van der Waals surface area contributed by atoms with E-state index in [1.807, 2.05) is 48.5 Å². The molecule has 0 aliphatic carbocycles. The number of carbonyl (C=O) groups excluding carboxylic acids is 1. The van der Waals surface area contributed by atoms with E-state index in [0.29, 0.717) is 18.9 Å². The SMILES string of the molecule is O=C(O[C@H](Cc1ccccc1)c1ccccc1)[C@H]1CCCN(c2ncccn2)C1. The van der Waals surface area contributed by atoms with Crippen LogP contribution in [-0.4, -0.2) is 29.0 Å². The number of nitrogens with zero attached hydrogens (tertiary/aromatic N) is 3. The number of ether oxygens (including phenoxy) is 1. The van der Waals surface area contributed by atoms with Crippen molar-refractivity contribution in [2.24, 2.45) is 5.92 Å². The van der Waals surface area contributed by atoms with Gasteiger partial charge in [0.2, 0.25) is 5.95 Å². The van der Waals surface area contributed by atoms with Crippen LogP contribution in [0, 0.1) is 5.92 Å². The molecule has 1 aromatic heterocycles. The molecule has 148 valence electrons. The molecule has 0 saturated carbocycles. The number of rotatable bonds is 6. The van der Waals surface area contributed by atoms with Crippen LogP contribution in [-0.2, 0) is 16.0 Å². The van der Waals surface area contributed by atoms with E-state index >= 15 is 0 Å². The molecule has 3 aromatic rings. The molecule has 0 N–H and O–H groups in total. The van der Waals surface area contributed by atoms with E-state index < -0.39 is 0 Å². The summed E-state index contributed by atoms with van der Waals surface area (Å²) >= 11 is 0. The number of hydrogen-bond acceptors (Lipinski definition) is 5. The first-order chi connectivity index (χ1) is 14.3. The summed E-state index contributed by atoms with van der Waals surface area (Å²) in [7, 11) is 0. The fourth-order valence-electron chi connectivity index (χ4n) is 3.77. The third-order valence-electron chi connectivity index (χ3n) is 5.28. The van der Waals surface area contributed by atoms with E-state index in [2.05, 4.69) is 27.0 Å². The van der Waals surface area contributed by atoms with E-state index in [1.165, 1.54) is 0 Å². The van der Waals surface area contributed by atoms with Crippen molar-refractivity contribution in [2.45, 2.75) is 25.4 Å². The Kier molecular flexibility index (Phi) is 6.15. The summed E-state index contributed by atoms with van der Waals surface area (Å²) in [6.07, 6.45) is 5.58. The van der Waals surface area contributed by atoms with Crippen molar-refractivity contribution < 1.29 is 9.53 Å². The fourth-order valence-corrected chi connectivity index (χ4v) is 3.77. The second-order valence-electron chi connectivity index (χ2n) is 7.36. The second-order valence-corrected chi connectivity index (χ2v) is 7.36. The lowest BCUT2D eigenvalue weighted by Crippen LogP contribution is -2.40. The van der Waals surface area contributed by atoms with Crippen LogP contribution in [0.2, 0.25) is 0 Å². The van der Waals surface area contributed by atoms with Crippen LogP contribution in [0.5, 0.6) is 0 Å².